The number of carbonyl (C=O) groups is 6. The fourth-order valence-corrected chi connectivity index (χ4v) is 10.9. The maximum Gasteiger partial charge on any atom is 0.416 e. The first-order chi connectivity index (χ1) is 35.0. The van der Waals surface area contributed by atoms with Crippen LogP contribution in [0, 0.1) is 11.8 Å². The van der Waals surface area contributed by atoms with Crippen LogP contribution in [0.15, 0.2) is 49.1 Å². The summed E-state index contributed by atoms with van der Waals surface area (Å²) in [6.45, 7) is 6.40. The van der Waals surface area contributed by atoms with Crippen LogP contribution in [0.25, 0.3) is 10.9 Å². The molecule has 2 aliphatic heterocycles. The van der Waals surface area contributed by atoms with Gasteiger partial charge in [0.25, 0.3) is 0 Å². The van der Waals surface area contributed by atoms with E-state index >= 15 is 0 Å². The second kappa shape index (κ2) is 25.3. The molecular formula is C52H72F3N11O7. The van der Waals surface area contributed by atoms with Crippen LogP contribution in [0.1, 0.15) is 121 Å². The molecule has 2 aromatic heterocycles. The zero-order chi connectivity index (χ0) is 52.2. The highest BCUT2D eigenvalue weighted by Crippen LogP contribution is 2.38. The summed E-state index contributed by atoms with van der Waals surface area (Å²) in [7, 11) is 3.78. The number of rotatable bonds is 22. The van der Waals surface area contributed by atoms with E-state index < -0.39 is 23.7 Å². The number of nitrogens with zero attached hydrogens (tertiary/aromatic N) is 6. The van der Waals surface area contributed by atoms with Crippen molar-refractivity contribution in [1.29, 1.82) is 0 Å². The largest absolute Gasteiger partial charge is 0.416 e. The summed E-state index contributed by atoms with van der Waals surface area (Å²) < 4.78 is 46.5. The zero-order valence-electron chi connectivity index (χ0n) is 42.4. The van der Waals surface area contributed by atoms with Gasteiger partial charge in [-0.25, -0.2) is 9.97 Å². The number of anilines is 1. The first-order valence-electron chi connectivity index (χ1n) is 26.0. The van der Waals surface area contributed by atoms with Gasteiger partial charge in [-0.2, -0.15) is 13.2 Å². The molecule has 73 heavy (non-hydrogen) atoms. The van der Waals surface area contributed by atoms with Crippen LogP contribution in [0.2, 0.25) is 0 Å². The minimum atomic E-state index is -4.55. The molecule has 398 valence electrons. The predicted molar refractivity (Wildman–Crippen MR) is 266 cm³/mol. The van der Waals surface area contributed by atoms with E-state index in [4.69, 9.17) is 4.74 Å². The van der Waals surface area contributed by atoms with E-state index in [1.54, 1.807) is 30.4 Å². The summed E-state index contributed by atoms with van der Waals surface area (Å²) in [5, 5.41) is 15.5. The molecule has 6 amide bonds. The smallest absolute Gasteiger partial charge is 0.381 e. The quantitative estimate of drug-likeness (QED) is 0.0850. The number of hydrogen-bond acceptors (Lipinski definition) is 12. The van der Waals surface area contributed by atoms with Gasteiger partial charge in [0.15, 0.2) is 0 Å². The Morgan fingerprint density at radius 1 is 0.877 bits per heavy atom. The minimum Gasteiger partial charge on any atom is -0.381 e. The Balaban J connectivity index is 0.773. The lowest BCUT2D eigenvalue weighted by atomic mass is 9.82. The number of pyridine rings is 1. The molecule has 0 spiro atoms. The van der Waals surface area contributed by atoms with Gasteiger partial charge in [0, 0.05) is 101 Å². The molecule has 2 aliphatic carbocycles. The Morgan fingerprint density at radius 3 is 2.33 bits per heavy atom. The van der Waals surface area contributed by atoms with Crippen LogP contribution in [-0.2, 0) is 39.7 Å². The van der Waals surface area contributed by atoms with Gasteiger partial charge < -0.3 is 46.0 Å². The first kappa shape index (κ1) is 54.8. The molecule has 18 nitrogen and oxygen atoms in total. The number of alkyl halides is 3. The van der Waals surface area contributed by atoms with E-state index in [2.05, 4.69) is 67.3 Å². The lowest BCUT2D eigenvalue weighted by molar-refractivity contribution is -0.137. The third-order valence-electron chi connectivity index (χ3n) is 15.2. The van der Waals surface area contributed by atoms with Crippen LogP contribution in [0.4, 0.5) is 19.0 Å². The van der Waals surface area contributed by atoms with Gasteiger partial charge in [-0.15, -0.1) is 0 Å². The summed E-state index contributed by atoms with van der Waals surface area (Å²) in [6, 6.07) is 5.70. The molecule has 5 N–H and O–H groups in total. The highest BCUT2D eigenvalue weighted by Gasteiger charge is 2.45. The number of carbonyl (C=O) groups excluding carboxylic acids is 6. The van der Waals surface area contributed by atoms with Crippen molar-refractivity contribution in [2.75, 3.05) is 52.3 Å². The molecule has 4 heterocycles. The Hall–Kier alpha value is -5.96. The first-order valence-corrected chi connectivity index (χ1v) is 26.0. The summed E-state index contributed by atoms with van der Waals surface area (Å²) in [5.41, 5.74) is 0.323. The van der Waals surface area contributed by atoms with Crippen LogP contribution in [0.5, 0.6) is 0 Å². The van der Waals surface area contributed by atoms with Crippen LogP contribution in [-0.4, -0.2) is 148 Å². The molecule has 21 heteroatoms. The number of hydrogen-bond donors (Lipinski definition) is 5. The lowest BCUT2D eigenvalue weighted by Crippen LogP contribution is -2.59. The highest BCUT2D eigenvalue weighted by atomic mass is 19.4. The van der Waals surface area contributed by atoms with Crippen molar-refractivity contribution < 1.29 is 46.7 Å². The molecule has 0 radical (unpaired) electrons. The van der Waals surface area contributed by atoms with Gasteiger partial charge in [-0.3, -0.25) is 33.8 Å². The zero-order valence-corrected chi connectivity index (χ0v) is 42.4. The van der Waals surface area contributed by atoms with Gasteiger partial charge in [0.05, 0.1) is 35.1 Å². The fourth-order valence-electron chi connectivity index (χ4n) is 10.9. The molecule has 3 aromatic rings. The summed E-state index contributed by atoms with van der Waals surface area (Å²) in [6.07, 6.45) is 7.31. The van der Waals surface area contributed by atoms with Crippen molar-refractivity contribution in [3.8, 4) is 0 Å². The van der Waals surface area contributed by atoms with E-state index in [1.165, 1.54) is 12.4 Å². The molecule has 6 atom stereocenters. The molecule has 7 rings (SSSR count). The number of nitrogens with one attached hydrogen (secondary N) is 5. The normalized spacial score (nSPS) is 24.6. The van der Waals surface area contributed by atoms with E-state index in [0.717, 1.165) is 24.1 Å². The highest BCUT2D eigenvalue weighted by molar-refractivity contribution is 5.94. The number of halogens is 3. The topological polar surface area (TPSA) is 220 Å². The molecule has 0 bridgehead atoms. The number of likely N-dealkylation sites (tertiary alicyclic amines) is 2. The predicted octanol–water partition coefficient (Wildman–Crippen LogP) is 4.90. The fraction of sp³-hybridized carbons (Fsp3) is 0.635. The second-order valence-electron chi connectivity index (χ2n) is 20.4. The molecule has 4 aliphatic rings. The average molecular weight is 1020 g/mol. The molecule has 1 aromatic carbocycles. The lowest BCUT2D eigenvalue weighted by Gasteiger charge is -2.45. The third kappa shape index (κ3) is 14.4. The van der Waals surface area contributed by atoms with Crippen LogP contribution in [0.3, 0.4) is 0 Å². The number of fused-ring (bicyclic) bond motifs is 1. The van der Waals surface area contributed by atoms with E-state index in [0.29, 0.717) is 103 Å². The number of ether oxygens (including phenoxy) is 1. The Labute approximate surface area is 425 Å². The van der Waals surface area contributed by atoms with Gasteiger partial charge in [-0.1, -0.05) is 6.07 Å². The summed E-state index contributed by atoms with van der Waals surface area (Å²) in [4.78, 5) is 96.9. The summed E-state index contributed by atoms with van der Waals surface area (Å²) in [5.74, 6) is -1.35. The molecule has 4 fully saturated rings. The molecule has 0 unspecified atom stereocenters. The maximum absolute atomic E-state index is 14.1. The maximum atomic E-state index is 14.1. The van der Waals surface area contributed by atoms with Crippen molar-refractivity contribution in [2.45, 2.75) is 152 Å². The van der Waals surface area contributed by atoms with Crippen molar-refractivity contribution in [3.63, 3.8) is 0 Å². The third-order valence-corrected chi connectivity index (χ3v) is 15.2. The van der Waals surface area contributed by atoms with E-state index in [1.807, 2.05) is 11.0 Å². The number of amides is 6. The van der Waals surface area contributed by atoms with Crippen LogP contribution >= 0.6 is 0 Å². The Kier molecular flexibility index (Phi) is 19.0. The van der Waals surface area contributed by atoms with Gasteiger partial charge in [0.2, 0.25) is 35.4 Å². The molecular weight excluding hydrogens is 948 g/mol. The van der Waals surface area contributed by atoms with Gasteiger partial charge in [0.1, 0.15) is 18.2 Å². The summed E-state index contributed by atoms with van der Waals surface area (Å²) >= 11 is 0. The van der Waals surface area contributed by atoms with Crippen molar-refractivity contribution in [1.82, 2.24) is 50.9 Å². The monoisotopic (exact) mass is 1020 g/mol. The van der Waals surface area contributed by atoms with Gasteiger partial charge >= 0.3 is 6.18 Å². The second-order valence-corrected chi connectivity index (χ2v) is 20.4. The number of benzene rings is 1. The average Bonchev–Trinajstić information content (AvgIpc) is 3.88. The van der Waals surface area contributed by atoms with E-state index in [9.17, 15) is 41.9 Å². The molecule has 2 saturated carbocycles. The number of aromatic nitrogens is 3. The standard InChI is InChI=1S/C52H72F3N11O7/c1-32(2)64(3)37-17-19-43(66-24-20-41(51(66)72)62-48-38-27-35(52(53,54)55)14-18-40(38)59-31-60-48)42(28-37)63-49(70)33-12-15-36(16-13-33)61-45(68)11-5-10-44(67)57-22-7-25-73-26-8-23-58-50(71)39-29-46(69)65(4)47(39)34-9-6-21-56-30-34/h6,9,14,18,21,27,30-33,36-37,39,41-43,47H,5,7-8,10-13,15-17,19-20,22-26,28-29H2,1-4H3,(H,57,67)(H,58,71)(H,61,68)(H,63,70)(H,59,60,62)/t33-,36-,37-,39+,41+,42-,43+,47-/m1/s1. The Bertz CT molecular complexity index is 2390. The van der Waals surface area contributed by atoms with Crippen LogP contribution < -0.4 is 26.6 Å². The minimum absolute atomic E-state index is 0.0656. The molecule has 2 saturated heterocycles. The van der Waals surface area contributed by atoms with E-state index in [-0.39, 0.29) is 108 Å². The van der Waals surface area contributed by atoms with Crippen molar-refractivity contribution >= 4 is 52.2 Å². The van der Waals surface area contributed by atoms with Gasteiger partial charge in [-0.05, 0) is 121 Å². The van der Waals surface area contributed by atoms with Crippen molar-refractivity contribution in [3.05, 3.63) is 60.2 Å². The van der Waals surface area contributed by atoms with Crippen molar-refractivity contribution in [2.24, 2.45) is 11.8 Å². The SMILES string of the molecule is CC(C)N(C)[C@@H]1CC[C@H](N2CC[C@H](Nc3ncnc4ccc(C(F)(F)F)cc34)C2=O)[C@H](NC(=O)[C@H]2CC[C@H](NC(=O)CCCC(=O)NCCCOCCCNC(=O)[C@H]3CC(=O)N(C)[C@@H]3c3cccnc3)CC2)C1. The Morgan fingerprint density at radius 2 is 1.62 bits per heavy atom.